The van der Waals surface area contributed by atoms with Crippen LogP contribution >= 0.6 is 0 Å². The van der Waals surface area contributed by atoms with E-state index in [9.17, 15) is 4.79 Å². The molecule has 90 valence electrons. The first kappa shape index (κ1) is 13.2. The van der Waals surface area contributed by atoms with Crippen molar-refractivity contribution in [2.24, 2.45) is 5.73 Å². The molecule has 0 aliphatic heterocycles. The van der Waals surface area contributed by atoms with Crippen LogP contribution in [-0.2, 0) is 9.53 Å². The van der Waals surface area contributed by atoms with Crippen LogP contribution in [0.5, 0.6) is 0 Å². The standard InChI is InChI=1S/C12H15N3O2/c1-15(12(16)11(8-14)17-2)10-6-4-3-5-9(10)7-13/h3-6,11H,8,14H2,1-2H3. The van der Waals surface area contributed by atoms with Crippen molar-refractivity contribution in [3.63, 3.8) is 0 Å². The fourth-order valence-electron chi connectivity index (χ4n) is 1.49. The van der Waals surface area contributed by atoms with Gasteiger partial charge < -0.3 is 15.4 Å². The molecule has 1 atom stereocenters. The number of rotatable bonds is 4. The van der Waals surface area contributed by atoms with Crippen LogP contribution in [0.15, 0.2) is 24.3 Å². The van der Waals surface area contributed by atoms with E-state index in [0.717, 1.165) is 0 Å². The summed E-state index contributed by atoms with van der Waals surface area (Å²) < 4.78 is 4.98. The van der Waals surface area contributed by atoms with E-state index in [1.54, 1.807) is 31.3 Å². The van der Waals surface area contributed by atoms with Crippen LogP contribution in [0.1, 0.15) is 5.56 Å². The molecule has 0 heterocycles. The Labute approximate surface area is 100 Å². The third-order valence-corrected chi connectivity index (χ3v) is 2.49. The third kappa shape index (κ3) is 2.81. The van der Waals surface area contributed by atoms with Gasteiger partial charge in [-0.1, -0.05) is 12.1 Å². The lowest BCUT2D eigenvalue weighted by molar-refractivity contribution is -0.127. The van der Waals surface area contributed by atoms with Gasteiger partial charge in [0, 0.05) is 20.7 Å². The summed E-state index contributed by atoms with van der Waals surface area (Å²) in [7, 11) is 3.03. The second-order valence-electron chi connectivity index (χ2n) is 3.49. The van der Waals surface area contributed by atoms with Crippen LogP contribution in [0, 0.1) is 11.3 Å². The van der Waals surface area contributed by atoms with E-state index in [2.05, 4.69) is 0 Å². The summed E-state index contributed by atoms with van der Waals surface area (Å²) in [5.41, 5.74) is 6.42. The molecule has 5 heteroatoms. The zero-order valence-corrected chi connectivity index (χ0v) is 9.88. The zero-order valence-electron chi connectivity index (χ0n) is 9.88. The summed E-state index contributed by atoms with van der Waals surface area (Å²) in [5.74, 6) is -0.266. The van der Waals surface area contributed by atoms with Crippen LogP contribution in [-0.4, -0.2) is 32.7 Å². The van der Waals surface area contributed by atoms with E-state index in [-0.39, 0.29) is 12.5 Å². The zero-order chi connectivity index (χ0) is 12.8. The largest absolute Gasteiger partial charge is 0.370 e. The Morgan fingerprint density at radius 3 is 2.76 bits per heavy atom. The Hall–Kier alpha value is -1.90. The van der Waals surface area contributed by atoms with Gasteiger partial charge in [0.1, 0.15) is 12.2 Å². The van der Waals surface area contributed by atoms with Crippen molar-refractivity contribution in [2.45, 2.75) is 6.10 Å². The van der Waals surface area contributed by atoms with Gasteiger partial charge in [0.05, 0.1) is 11.3 Å². The molecule has 0 saturated heterocycles. The highest BCUT2D eigenvalue weighted by Crippen LogP contribution is 2.19. The van der Waals surface area contributed by atoms with Gasteiger partial charge in [-0.25, -0.2) is 0 Å². The summed E-state index contributed by atoms with van der Waals surface area (Å²) in [6.45, 7) is 0.106. The van der Waals surface area contributed by atoms with Gasteiger partial charge in [-0.05, 0) is 12.1 Å². The molecule has 1 unspecified atom stereocenters. The number of para-hydroxylation sites is 1. The number of nitrogens with zero attached hydrogens (tertiary/aromatic N) is 2. The number of nitriles is 1. The van der Waals surface area contributed by atoms with Crippen LogP contribution in [0.25, 0.3) is 0 Å². The van der Waals surface area contributed by atoms with E-state index in [1.807, 2.05) is 6.07 Å². The highest BCUT2D eigenvalue weighted by Gasteiger charge is 2.22. The average molecular weight is 233 g/mol. The molecule has 0 bridgehead atoms. The first-order valence-electron chi connectivity index (χ1n) is 5.15. The number of ether oxygens (including phenoxy) is 1. The molecule has 1 aromatic rings. The number of hydrogen-bond acceptors (Lipinski definition) is 4. The van der Waals surface area contributed by atoms with Gasteiger partial charge in [0.2, 0.25) is 0 Å². The van der Waals surface area contributed by atoms with Gasteiger partial charge in [-0.3, -0.25) is 4.79 Å². The number of carbonyl (C=O) groups is 1. The van der Waals surface area contributed by atoms with E-state index >= 15 is 0 Å². The maximum atomic E-state index is 12.0. The number of amides is 1. The molecule has 1 rings (SSSR count). The van der Waals surface area contributed by atoms with E-state index < -0.39 is 6.10 Å². The molecule has 1 aromatic carbocycles. The Morgan fingerprint density at radius 1 is 1.59 bits per heavy atom. The molecule has 0 radical (unpaired) electrons. The first-order valence-corrected chi connectivity index (χ1v) is 5.15. The van der Waals surface area contributed by atoms with E-state index in [4.69, 9.17) is 15.7 Å². The minimum absolute atomic E-state index is 0.106. The van der Waals surface area contributed by atoms with Gasteiger partial charge >= 0.3 is 0 Å². The molecule has 0 aliphatic carbocycles. The summed E-state index contributed by atoms with van der Waals surface area (Å²) in [5, 5.41) is 8.96. The van der Waals surface area contributed by atoms with Crippen LogP contribution < -0.4 is 10.6 Å². The van der Waals surface area contributed by atoms with Crippen molar-refractivity contribution in [3.05, 3.63) is 29.8 Å². The lowest BCUT2D eigenvalue weighted by atomic mass is 10.1. The maximum absolute atomic E-state index is 12.0. The molecular weight excluding hydrogens is 218 g/mol. The quantitative estimate of drug-likeness (QED) is 0.821. The number of hydrogen-bond donors (Lipinski definition) is 1. The molecule has 1 amide bonds. The molecule has 0 fully saturated rings. The lowest BCUT2D eigenvalue weighted by Crippen LogP contribution is -2.42. The number of benzene rings is 1. The second-order valence-corrected chi connectivity index (χ2v) is 3.49. The highest BCUT2D eigenvalue weighted by molar-refractivity contribution is 5.97. The second kappa shape index (κ2) is 5.99. The number of nitrogens with two attached hydrogens (primary N) is 1. The fraction of sp³-hybridized carbons (Fsp3) is 0.333. The van der Waals surface area contributed by atoms with Gasteiger partial charge in [-0.2, -0.15) is 5.26 Å². The minimum atomic E-state index is -0.688. The molecule has 0 spiro atoms. The molecule has 2 N–H and O–H groups in total. The van der Waals surface area contributed by atoms with E-state index in [0.29, 0.717) is 11.3 Å². The summed E-state index contributed by atoms with van der Waals surface area (Å²) in [6.07, 6.45) is -0.688. The monoisotopic (exact) mass is 233 g/mol. The van der Waals surface area contributed by atoms with Crippen molar-refractivity contribution < 1.29 is 9.53 Å². The van der Waals surface area contributed by atoms with Crippen molar-refractivity contribution >= 4 is 11.6 Å². The Morgan fingerprint density at radius 2 is 2.24 bits per heavy atom. The number of anilines is 1. The molecule has 0 aliphatic rings. The van der Waals surface area contributed by atoms with Crippen molar-refractivity contribution in [1.82, 2.24) is 0 Å². The summed E-state index contributed by atoms with van der Waals surface area (Å²) in [6, 6.07) is 8.92. The van der Waals surface area contributed by atoms with Gasteiger partial charge in [0.15, 0.2) is 0 Å². The predicted molar refractivity (Wildman–Crippen MR) is 64.4 cm³/mol. The Bertz CT molecular complexity index is 436. The summed E-state index contributed by atoms with van der Waals surface area (Å²) >= 11 is 0. The van der Waals surface area contributed by atoms with Crippen LogP contribution in [0.3, 0.4) is 0 Å². The molecule has 0 saturated carbocycles. The van der Waals surface area contributed by atoms with E-state index in [1.165, 1.54) is 12.0 Å². The van der Waals surface area contributed by atoms with Crippen molar-refractivity contribution in [1.29, 1.82) is 5.26 Å². The normalized spacial score (nSPS) is 11.6. The maximum Gasteiger partial charge on any atom is 0.257 e. The number of likely N-dealkylation sites (N-methyl/N-ethyl adjacent to an activating group) is 1. The van der Waals surface area contributed by atoms with Gasteiger partial charge in [-0.15, -0.1) is 0 Å². The predicted octanol–water partition coefficient (Wildman–Crippen LogP) is 0.495. The molecule has 5 nitrogen and oxygen atoms in total. The minimum Gasteiger partial charge on any atom is -0.370 e. The lowest BCUT2D eigenvalue weighted by Gasteiger charge is -2.22. The Balaban J connectivity index is 3.00. The van der Waals surface area contributed by atoms with Gasteiger partial charge in [0.25, 0.3) is 5.91 Å². The van der Waals surface area contributed by atoms with Crippen molar-refractivity contribution in [2.75, 3.05) is 25.6 Å². The van der Waals surface area contributed by atoms with Crippen LogP contribution in [0.2, 0.25) is 0 Å². The topological polar surface area (TPSA) is 79.3 Å². The number of carbonyl (C=O) groups excluding carboxylic acids is 1. The fourth-order valence-corrected chi connectivity index (χ4v) is 1.49. The summed E-state index contributed by atoms with van der Waals surface area (Å²) in [4.78, 5) is 13.4. The average Bonchev–Trinajstić information content (AvgIpc) is 2.39. The van der Waals surface area contributed by atoms with Crippen molar-refractivity contribution in [3.8, 4) is 6.07 Å². The SMILES string of the molecule is COC(CN)C(=O)N(C)c1ccccc1C#N. The highest BCUT2D eigenvalue weighted by atomic mass is 16.5. The van der Waals surface area contributed by atoms with Crippen LogP contribution in [0.4, 0.5) is 5.69 Å². The first-order chi connectivity index (χ1) is 8.15. The molecule has 17 heavy (non-hydrogen) atoms. The Kier molecular flexibility index (Phi) is 4.64. The number of methoxy groups -OCH3 is 1. The smallest absolute Gasteiger partial charge is 0.257 e. The molecular formula is C12H15N3O2. The molecule has 0 aromatic heterocycles. The third-order valence-electron chi connectivity index (χ3n) is 2.49.